The molecule has 0 fully saturated rings. The van der Waals surface area contributed by atoms with Crippen molar-refractivity contribution in [2.75, 3.05) is 5.43 Å². The quantitative estimate of drug-likeness (QED) is 0.593. The number of halogens is 3. The lowest BCUT2D eigenvalue weighted by molar-refractivity contribution is -0.116. The fourth-order valence-electron chi connectivity index (χ4n) is 0.501. The summed E-state index contributed by atoms with van der Waals surface area (Å²) in [6.45, 7) is 0. The predicted molar refractivity (Wildman–Crippen MR) is 52.1 cm³/mol. The monoisotopic (exact) mass is 260 g/mol. The van der Waals surface area contributed by atoms with Gasteiger partial charge in [-0.05, 0) is 12.2 Å². The van der Waals surface area contributed by atoms with Gasteiger partial charge < -0.3 is 0 Å². The van der Waals surface area contributed by atoms with E-state index in [9.17, 15) is 4.79 Å². The van der Waals surface area contributed by atoms with E-state index in [-0.39, 0.29) is 4.77 Å². The largest absolute Gasteiger partial charge is 0.291 e. The first-order chi connectivity index (χ1) is 5.91. The molecule has 1 heterocycles. The van der Waals surface area contributed by atoms with E-state index in [4.69, 9.17) is 47.0 Å². The normalized spacial score (nSPS) is 11.3. The molecule has 13 heavy (non-hydrogen) atoms. The third-order valence-corrected chi connectivity index (χ3v) is 1.83. The van der Waals surface area contributed by atoms with Crippen LogP contribution in [0.4, 0.5) is 0 Å². The lowest BCUT2D eigenvalue weighted by Crippen LogP contribution is -2.32. The summed E-state index contributed by atoms with van der Waals surface area (Å²) in [6.07, 6.45) is 1.25. The predicted octanol–water partition coefficient (Wildman–Crippen LogP) is 1.38. The SMILES string of the molecule is O=C(Nn1cn[nH]c1=S)C(Cl)(Cl)Cl. The van der Waals surface area contributed by atoms with Crippen LogP contribution in [-0.2, 0) is 4.79 Å². The lowest BCUT2D eigenvalue weighted by Gasteiger charge is -2.10. The Morgan fingerprint density at radius 2 is 2.31 bits per heavy atom. The molecule has 0 aliphatic heterocycles. The number of aromatic nitrogens is 3. The van der Waals surface area contributed by atoms with Gasteiger partial charge in [0.05, 0.1) is 0 Å². The molecule has 0 aliphatic carbocycles. The Kier molecular flexibility index (Phi) is 3.18. The van der Waals surface area contributed by atoms with E-state index < -0.39 is 9.70 Å². The maximum absolute atomic E-state index is 11.1. The summed E-state index contributed by atoms with van der Waals surface area (Å²) < 4.78 is -0.700. The zero-order valence-corrected chi connectivity index (χ0v) is 9.01. The van der Waals surface area contributed by atoms with Gasteiger partial charge in [-0.15, -0.1) is 0 Å². The Morgan fingerprint density at radius 3 is 2.69 bits per heavy atom. The van der Waals surface area contributed by atoms with E-state index in [2.05, 4.69) is 15.6 Å². The van der Waals surface area contributed by atoms with Crippen molar-refractivity contribution in [1.29, 1.82) is 0 Å². The van der Waals surface area contributed by atoms with Gasteiger partial charge in [0.2, 0.25) is 4.77 Å². The van der Waals surface area contributed by atoms with Crippen LogP contribution in [0.2, 0.25) is 0 Å². The highest BCUT2D eigenvalue weighted by molar-refractivity contribution is 7.71. The Labute approximate surface area is 92.9 Å². The summed E-state index contributed by atoms with van der Waals surface area (Å²) in [6, 6.07) is 0. The summed E-state index contributed by atoms with van der Waals surface area (Å²) in [5.74, 6) is -0.810. The van der Waals surface area contributed by atoms with Gasteiger partial charge in [-0.1, -0.05) is 34.8 Å². The summed E-state index contributed by atoms with van der Waals surface area (Å²) >= 11 is 20.6. The molecule has 1 aromatic rings. The number of nitrogens with one attached hydrogen (secondary N) is 2. The van der Waals surface area contributed by atoms with Crippen LogP contribution in [0.5, 0.6) is 0 Å². The van der Waals surface area contributed by atoms with Gasteiger partial charge in [0.1, 0.15) is 6.33 Å². The number of alkyl halides is 3. The molecular formula is C4H3Cl3N4OS. The second-order valence-corrected chi connectivity index (χ2v) is 4.64. The molecule has 0 atom stereocenters. The van der Waals surface area contributed by atoms with E-state index in [1.165, 1.54) is 6.33 Å². The lowest BCUT2D eigenvalue weighted by atomic mass is 10.7. The fourth-order valence-corrected chi connectivity index (χ4v) is 0.773. The minimum atomic E-state index is -2.02. The average molecular weight is 262 g/mol. The van der Waals surface area contributed by atoms with Crippen molar-refractivity contribution in [2.45, 2.75) is 3.79 Å². The van der Waals surface area contributed by atoms with Crippen LogP contribution >= 0.6 is 47.0 Å². The van der Waals surface area contributed by atoms with E-state index in [1.807, 2.05) is 0 Å². The van der Waals surface area contributed by atoms with Crippen molar-refractivity contribution in [2.24, 2.45) is 0 Å². The van der Waals surface area contributed by atoms with E-state index in [0.717, 1.165) is 4.68 Å². The minimum Gasteiger partial charge on any atom is -0.268 e. The second-order valence-electron chi connectivity index (χ2n) is 1.97. The van der Waals surface area contributed by atoms with E-state index in [0.29, 0.717) is 0 Å². The molecule has 1 aromatic heterocycles. The van der Waals surface area contributed by atoms with Crippen molar-refractivity contribution in [3.8, 4) is 0 Å². The molecule has 0 saturated heterocycles. The van der Waals surface area contributed by atoms with Crippen LogP contribution in [0.1, 0.15) is 0 Å². The zero-order chi connectivity index (χ0) is 10.1. The van der Waals surface area contributed by atoms with Crippen LogP contribution in [0, 0.1) is 4.77 Å². The molecule has 1 amide bonds. The number of carbonyl (C=O) groups excluding carboxylic acids is 1. The summed E-state index contributed by atoms with van der Waals surface area (Å²) in [5, 5.41) is 5.96. The maximum atomic E-state index is 11.1. The molecule has 5 nitrogen and oxygen atoms in total. The highest BCUT2D eigenvalue weighted by Gasteiger charge is 2.30. The van der Waals surface area contributed by atoms with Crippen LogP contribution < -0.4 is 5.43 Å². The van der Waals surface area contributed by atoms with E-state index in [1.54, 1.807) is 0 Å². The number of carbonyl (C=O) groups is 1. The van der Waals surface area contributed by atoms with Gasteiger partial charge in [-0.2, -0.15) is 5.10 Å². The molecule has 9 heteroatoms. The first-order valence-electron chi connectivity index (χ1n) is 2.91. The number of rotatable bonds is 1. The third-order valence-electron chi connectivity index (χ3n) is 1.03. The van der Waals surface area contributed by atoms with Crippen molar-refractivity contribution in [3.63, 3.8) is 0 Å². The first-order valence-corrected chi connectivity index (χ1v) is 4.45. The molecule has 0 bridgehead atoms. The smallest absolute Gasteiger partial charge is 0.268 e. The van der Waals surface area contributed by atoms with Gasteiger partial charge in [0.25, 0.3) is 9.70 Å². The summed E-state index contributed by atoms with van der Waals surface area (Å²) in [5.41, 5.74) is 2.21. The number of hydrogen-bond acceptors (Lipinski definition) is 3. The molecule has 72 valence electrons. The molecule has 0 aliphatic rings. The fraction of sp³-hybridized carbons (Fsp3) is 0.250. The molecule has 1 rings (SSSR count). The van der Waals surface area contributed by atoms with Gasteiger partial charge in [0.15, 0.2) is 0 Å². The Balaban J connectivity index is 2.77. The number of nitrogens with zero attached hydrogens (tertiary/aromatic N) is 2. The van der Waals surface area contributed by atoms with Gasteiger partial charge in [-0.25, -0.2) is 4.68 Å². The number of hydrogen-bond donors (Lipinski definition) is 2. The third kappa shape index (κ3) is 2.84. The average Bonchev–Trinajstić information content (AvgIpc) is 2.34. The Morgan fingerprint density at radius 1 is 1.69 bits per heavy atom. The zero-order valence-electron chi connectivity index (χ0n) is 5.92. The standard InChI is InChI=1S/C4H3Cl3N4OS/c5-4(6,7)2(12)10-11-1-8-9-3(11)13/h1H,(H,9,13)(H,10,12). The number of H-pyrrole nitrogens is 1. The summed E-state index contributed by atoms with van der Waals surface area (Å²) in [7, 11) is 0. The number of aromatic amines is 1. The van der Waals surface area contributed by atoms with Crippen LogP contribution in [0.15, 0.2) is 6.33 Å². The topological polar surface area (TPSA) is 62.7 Å². The molecule has 0 aromatic carbocycles. The van der Waals surface area contributed by atoms with Crippen molar-refractivity contribution >= 4 is 52.9 Å². The molecule has 0 spiro atoms. The van der Waals surface area contributed by atoms with E-state index >= 15 is 0 Å². The molecule has 0 radical (unpaired) electrons. The highest BCUT2D eigenvalue weighted by atomic mass is 35.6. The summed E-state index contributed by atoms with van der Waals surface area (Å²) in [4.78, 5) is 11.1. The van der Waals surface area contributed by atoms with Gasteiger partial charge in [0, 0.05) is 0 Å². The van der Waals surface area contributed by atoms with Crippen molar-refractivity contribution in [3.05, 3.63) is 11.1 Å². The van der Waals surface area contributed by atoms with Gasteiger partial charge >= 0.3 is 0 Å². The van der Waals surface area contributed by atoms with Crippen molar-refractivity contribution in [1.82, 2.24) is 14.9 Å². The van der Waals surface area contributed by atoms with Crippen LogP contribution in [0.25, 0.3) is 0 Å². The number of amides is 1. The molecule has 0 saturated carbocycles. The van der Waals surface area contributed by atoms with Crippen LogP contribution in [0.3, 0.4) is 0 Å². The molecule has 0 unspecified atom stereocenters. The Hall–Kier alpha value is -0.300. The molecule has 2 N–H and O–H groups in total. The first kappa shape index (κ1) is 10.8. The second kappa shape index (κ2) is 3.83. The highest BCUT2D eigenvalue weighted by Crippen LogP contribution is 2.26. The van der Waals surface area contributed by atoms with Crippen LogP contribution in [-0.4, -0.2) is 24.6 Å². The maximum Gasteiger partial charge on any atom is 0.291 e. The minimum absolute atomic E-state index is 0.197. The Bertz CT molecular complexity index is 366. The van der Waals surface area contributed by atoms with Gasteiger partial charge in [-0.3, -0.25) is 15.3 Å². The van der Waals surface area contributed by atoms with Crippen molar-refractivity contribution < 1.29 is 4.79 Å². The molecular weight excluding hydrogens is 258 g/mol.